The van der Waals surface area contributed by atoms with Crippen molar-refractivity contribution in [1.29, 1.82) is 5.26 Å². The first-order valence-electron chi connectivity index (χ1n) is 11.7. The van der Waals surface area contributed by atoms with Crippen molar-refractivity contribution in [2.45, 2.75) is 77.8 Å². The fourth-order valence-electron chi connectivity index (χ4n) is 4.10. The van der Waals surface area contributed by atoms with E-state index in [1.165, 1.54) is 0 Å². The summed E-state index contributed by atoms with van der Waals surface area (Å²) in [5.41, 5.74) is -2.30. The van der Waals surface area contributed by atoms with Gasteiger partial charge in [-0.15, -0.1) is 0 Å². The summed E-state index contributed by atoms with van der Waals surface area (Å²) < 4.78 is 0. The predicted octanol–water partition coefficient (Wildman–Crippen LogP) is 2.43. The van der Waals surface area contributed by atoms with Crippen molar-refractivity contribution >= 4 is 23.4 Å². The highest BCUT2D eigenvalue weighted by Crippen LogP contribution is 2.40. The number of amides is 2. The molecule has 1 aliphatic heterocycles. The van der Waals surface area contributed by atoms with E-state index in [4.69, 9.17) is 11.6 Å². The molecule has 0 aliphatic carbocycles. The number of hydrogen-bond donors (Lipinski definition) is 5. The first-order valence-corrected chi connectivity index (χ1v) is 12.1. The molecule has 0 saturated carbocycles. The Morgan fingerprint density at radius 2 is 1.85 bits per heavy atom. The van der Waals surface area contributed by atoms with Crippen molar-refractivity contribution in [2.24, 2.45) is 17.3 Å². The Labute approximate surface area is 207 Å². The molecule has 1 aromatic carbocycles. The number of nitrogens with one attached hydrogen (secondary N) is 3. The van der Waals surface area contributed by atoms with Crippen LogP contribution >= 0.6 is 11.6 Å². The van der Waals surface area contributed by atoms with Crippen molar-refractivity contribution in [2.75, 3.05) is 6.54 Å². The number of benzene rings is 1. The van der Waals surface area contributed by atoms with E-state index < -0.39 is 41.1 Å². The summed E-state index contributed by atoms with van der Waals surface area (Å²) in [7, 11) is 0. The second-order valence-corrected chi connectivity index (χ2v) is 10.7. The molecule has 5 atom stereocenters. The first kappa shape index (κ1) is 28.1. The van der Waals surface area contributed by atoms with Crippen LogP contribution in [-0.4, -0.2) is 46.9 Å². The smallest absolute Gasteiger partial charge is 0.243 e. The second kappa shape index (κ2) is 11.5. The van der Waals surface area contributed by atoms with E-state index >= 15 is 0 Å². The standard InChI is InChI=1S/C25H37ClN4O4/c1-15(2)12-20(22(32)29-19(14-27)13-16-10-11-28-21(16)31)30-23(33)24(3,4)25(5,34)17-6-8-18(26)9-7-17/h6-9,15-16,19-21,28,31,34H,10-13H2,1-5H3,(H,29,32)(H,30,33). The quantitative estimate of drug-likeness (QED) is 0.340. The minimum atomic E-state index is -1.54. The Hall–Kier alpha value is -2.18. The van der Waals surface area contributed by atoms with Gasteiger partial charge >= 0.3 is 0 Å². The normalized spacial score (nSPS) is 21.9. The van der Waals surface area contributed by atoms with Crippen LogP contribution in [0.3, 0.4) is 0 Å². The average Bonchev–Trinajstić information content (AvgIpc) is 3.16. The molecular formula is C25H37ClN4O4. The van der Waals surface area contributed by atoms with Crippen LogP contribution in [0.4, 0.5) is 0 Å². The molecule has 34 heavy (non-hydrogen) atoms. The monoisotopic (exact) mass is 492 g/mol. The van der Waals surface area contributed by atoms with E-state index in [2.05, 4.69) is 22.0 Å². The van der Waals surface area contributed by atoms with Gasteiger partial charge in [-0.1, -0.05) is 37.6 Å². The highest BCUT2D eigenvalue weighted by atomic mass is 35.5. The van der Waals surface area contributed by atoms with Crippen LogP contribution in [-0.2, 0) is 15.2 Å². The van der Waals surface area contributed by atoms with Gasteiger partial charge in [-0.2, -0.15) is 5.26 Å². The average molecular weight is 493 g/mol. The van der Waals surface area contributed by atoms with Gasteiger partial charge in [0, 0.05) is 10.9 Å². The lowest BCUT2D eigenvalue weighted by molar-refractivity contribution is -0.148. The van der Waals surface area contributed by atoms with Crippen molar-refractivity contribution in [1.82, 2.24) is 16.0 Å². The molecule has 5 unspecified atom stereocenters. The minimum Gasteiger partial charge on any atom is -0.384 e. The van der Waals surface area contributed by atoms with Crippen LogP contribution in [0.25, 0.3) is 0 Å². The Balaban J connectivity index is 2.15. The number of nitriles is 1. The van der Waals surface area contributed by atoms with Crippen molar-refractivity contribution < 1.29 is 19.8 Å². The van der Waals surface area contributed by atoms with Crippen molar-refractivity contribution in [3.8, 4) is 6.07 Å². The van der Waals surface area contributed by atoms with Gasteiger partial charge in [-0.05, 0) is 70.2 Å². The molecule has 0 radical (unpaired) electrons. The van der Waals surface area contributed by atoms with Gasteiger partial charge in [0.25, 0.3) is 0 Å². The molecule has 0 bridgehead atoms. The van der Waals surface area contributed by atoms with Gasteiger partial charge in [-0.3, -0.25) is 14.9 Å². The first-order chi connectivity index (χ1) is 15.8. The second-order valence-electron chi connectivity index (χ2n) is 10.2. The molecule has 0 spiro atoms. The number of halogens is 1. The zero-order valence-corrected chi connectivity index (χ0v) is 21.3. The number of rotatable bonds is 10. The highest BCUT2D eigenvalue weighted by Gasteiger charge is 2.47. The maximum Gasteiger partial charge on any atom is 0.243 e. The van der Waals surface area contributed by atoms with Crippen molar-refractivity contribution in [3.63, 3.8) is 0 Å². The predicted molar refractivity (Wildman–Crippen MR) is 130 cm³/mol. The minimum absolute atomic E-state index is 0.0947. The fraction of sp³-hybridized carbons (Fsp3) is 0.640. The number of carbonyl (C=O) groups is 2. The number of aliphatic hydroxyl groups is 2. The third-order valence-electron chi connectivity index (χ3n) is 6.85. The van der Waals surface area contributed by atoms with Gasteiger partial charge in [0.05, 0.1) is 11.5 Å². The van der Waals surface area contributed by atoms with E-state index in [-0.39, 0.29) is 11.8 Å². The molecular weight excluding hydrogens is 456 g/mol. The molecule has 1 aromatic rings. The molecule has 188 valence electrons. The van der Waals surface area contributed by atoms with Crippen LogP contribution in [0.1, 0.15) is 59.4 Å². The summed E-state index contributed by atoms with van der Waals surface area (Å²) >= 11 is 5.96. The lowest BCUT2D eigenvalue weighted by atomic mass is 9.71. The molecule has 2 rings (SSSR count). The summed E-state index contributed by atoms with van der Waals surface area (Å²) in [6.45, 7) is 9.32. The van der Waals surface area contributed by atoms with Gasteiger partial charge in [0.2, 0.25) is 11.8 Å². The summed E-state index contributed by atoms with van der Waals surface area (Å²) in [4.78, 5) is 26.4. The lowest BCUT2D eigenvalue weighted by Crippen LogP contribution is -2.56. The molecule has 0 aromatic heterocycles. The fourth-order valence-corrected chi connectivity index (χ4v) is 4.23. The van der Waals surface area contributed by atoms with Crippen LogP contribution in [0.5, 0.6) is 0 Å². The molecule has 9 heteroatoms. The summed E-state index contributed by atoms with van der Waals surface area (Å²) in [6.07, 6.45) is 0.697. The lowest BCUT2D eigenvalue weighted by Gasteiger charge is -2.40. The Bertz CT molecular complexity index is 895. The Kier molecular flexibility index (Phi) is 9.49. The third kappa shape index (κ3) is 6.70. The Morgan fingerprint density at radius 1 is 1.24 bits per heavy atom. The van der Waals surface area contributed by atoms with Crippen LogP contribution in [0.2, 0.25) is 5.02 Å². The number of hydrogen-bond acceptors (Lipinski definition) is 6. The zero-order chi connectivity index (χ0) is 25.7. The van der Waals surface area contributed by atoms with Crippen molar-refractivity contribution in [3.05, 3.63) is 34.9 Å². The molecule has 2 amide bonds. The largest absolute Gasteiger partial charge is 0.384 e. The van der Waals surface area contributed by atoms with Gasteiger partial charge < -0.3 is 20.8 Å². The Morgan fingerprint density at radius 3 is 2.35 bits per heavy atom. The molecule has 1 aliphatic rings. The zero-order valence-electron chi connectivity index (χ0n) is 20.6. The van der Waals surface area contributed by atoms with E-state index in [0.717, 1.165) is 6.42 Å². The van der Waals surface area contributed by atoms with Gasteiger partial charge in [-0.25, -0.2) is 0 Å². The highest BCUT2D eigenvalue weighted by molar-refractivity contribution is 6.30. The van der Waals surface area contributed by atoms with Crippen LogP contribution in [0.15, 0.2) is 24.3 Å². The SMILES string of the molecule is CC(C)CC(NC(=O)C(C)(C)C(C)(O)c1ccc(Cl)cc1)C(=O)NC(C#N)CC1CCNC1O. The molecule has 8 nitrogen and oxygen atoms in total. The van der Waals surface area contributed by atoms with Gasteiger partial charge in [0.1, 0.15) is 23.9 Å². The number of aliphatic hydroxyl groups excluding tert-OH is 1. The van der Waals surface area contributed by atoms with E-state index in [1.807, 2.05) is 13.8 Å². The van der Waals surface area contributed by atoms with Gasteiger partial charge in [0.15, 0.2) is 0 Å². The molecule has 1 heterocycles. The molecule has 5 N–H and O–H groups in total. The maximum absolute atomic E-state index is 13.3. The number of nitrogens with zero attached hydrogens (tertiary/aromatic N) is 1. The van der Waals surface area contributed by atoms with E-state index in [9.17, 15) is 25.1 Å². The summed E-state index contributed by atoms with van der Waals surface area (Å²) in [5.74, 6) is -0.984. The van der Waals surface area contributed by atoms with Crippen LogP contribution < -0.4 is 16.0 Å². The maximum atomic E-state index is 13.3. The summed E-state index contributed by atoms with van der Waals surface area (Å²) in [5, 5.41) is 39.8. The topological polar surface area (TPSA) is 134 Å². The molecule has 1 fully saturated rings. The van der Waals surface area contributed by atoms with Crippen LogP contribution in [0, 0.1) is 28.6 Å². The van der Waals surface area contributed by atoms with E-state index in [0.29, 0.717) is 30.0 Å². The summed E-state index contributed by atoms with van der Waals surface area (Å²) in [6, 6.07) is 7.04. The molecule has 1 saturated heterocycles. The third-order valence-corrected chi connectivity index (χ3v) is 7.10. The van der Waals surface area contributed by atoms with E-state index in [1.54, 1.807) is 45.0 Å². The number of carbonyl (C=O) groups excluding carboxylic acids is 2.